The molecule has 0 aliphatic carbocycles. The largest absolute Gasteiger partial charge is 0.508 e. The van der Waals surface area contributed by atoms with Gasteiger partial charge in [-0.3, -0.25) is 0 Å². The van der Waals surface area contributed by atoms with Crippen LogP contribution in [-0.4, -0.2) is 17.6 Å². The van der Waals surface area contributed by atoms with Crippen molar-refractivity contribution in [2.24, 2.45) is 4.99 Å². The number of phenolic OH excluding ortho intramolecular Hbond substituents is 1. The van der Waals surface area contributed by atoms with Crippen LogP contribution in [0.5, 0.6) is 5.75 Å². The zero-order chi connectivity index (χ0) is 15.8. The molecule has 3 N–H and O–H groups in total. The molecule has 118 valence electrons. The van der Waals surface area contributed by atoms with E-state index in [2.05, 4.69) is 34.7 Å². The third kappa shape index (κ3) is 5.07. The predicted octanol–water partition coefficient (Wildman–Crippen LogP) is 3.27. The van der Waals surface area contributed by atoms with Gasteiger partial charge in [-0.1, -0.05) is 19.1 Å². The Kier molecular flexibility index (Phi) is 6.27. The Bertz CT molecular complexity index is 622. The molecule has 4 nitrogen and oxygen atoms in total. The monoisotopic (exact) mass is 317 g/mol. The van der Waals surface area contributed by atoms with Crippen LogP contribution in [0, 0.1) is 0 Å². The number of aliphatic imine (C=N–C) groups is 1. The van der Waals surface area contributed by atoms with E-state index in [1.54, 1.807) is 12.1 Å². The molecule has 1 heterocycles. The Morgan fingerprint density at radius 2 is 1.95 bits per heavy atom. The third-order valence-corrected chi connectivity index (χ3v) is 4.40. The first-order chi connectivity index (χ1) is 10.7. The number of rotatable bonds is 6. The molecule has 0 aliphatic heterocycles. The van der Waals surface area contributed by atoms with Gasteiger partial charge in [0.05, 0.1) is 13.1 Å². The molecule has 1 aromatic carbocycles. The summed E-state index contributed by atoms with van der Waals surface area (Å²) in [6.45, 7) is 6.34. The van der Waals surface area contributed by atoms with Gasteiger partial charge >= 0.3 is 0 Å². The highest BCUT2D eigenvalue weighted by Gasteiger charge is 2.01. The molecule has 0 aliphatic rings. The van der Waals surface area contributed by atoms with Crippen molar-refractivity contribution in [3.8, 4) is 5.75 Å². The smallest absolute Gasteiger partial charge is 0.191 e. The van der Waals surface area contributed by atoms with E-state index in [1.165, 1.54) is 9.75 Å². The van der Waals surface area contributed by atoms with Gasteiger partial charge in [-0.15, -0.1) is 11.3 Å². The van der Waals surface area contributed by atoms with Crippen LogP contribution in [0.4, 0.5) is 0 Å². The number of phenols is 1. The molecule has 0 unspecified atom stereocenters. The highest BCUT2D eigenvalue weighted by molar-refractivity contribution is 7.11. The highest BCUT2D eigenvalue weighted by Crippen LogP contribution is 2.16. The molecule has 0 atom stereocenters. The maximum atomic E-state index is 9.48. The van der Waals surface area contributed by atoms with E-state index in [0.717, 1.165) is 31.0 Å². The normalized spacial score (nSPS) is 11.5. The second-order valence-electron chi connectivity index (χ2n) is 4.94. The van der Waals surface area contributed by atoms with Gasteiger partial charge in [0.2, 0.25) is 0 Å². The molecule has 0 spiro atoms. The van der Waals surface area contributed by atoms with Crippen molar-refractivity contribution < 1.29 is 5.11 Å². The molecular weight excluding hydrogens is 294 g/mol. The number of hydrogen-bond donors (Lipinski definition) is 3. The molecule has 1 aromatic heterocycles. The maximum Gasteiger partial charge on any atom is 0.191 e. The summed E-state index contributed by atoms with van der Waals surface area (Å²) in [6, 6.07) is 11.5. The van der Waals surface area contributed by atoms with Gasteiger partial charge in [0.15, 0.2) is 5.96 Å². The van der Waals surface area contributed by atoms with Crippen LogP contribution in [0.2, 0.25) is 0 Å². The van der Waals surface area contributed by atoms with Crippen molar-refractivity contribution in [1.29, 1.82) is 0 Å². The Morgan fingerprint density at radius 3 is 2.64 bits per heavy atom. The van der Waals surface area contributed by atoms with Crippen LogP contribution >= 0.6 is 11.3 Å². The Morgan fingerprint density at radius 1 is 1.14 bits per heavy atom. The maximum absolute atomic E-state index is 9.48. The first-order valence-electron chi connectivity index (χ1n) is 7.59. The Hall–Kier alpha value is -2.01. The molecule has 0 saturated carbocycles. The summed E-state index contributed by atoms with van der Waals surface area (Å²) in [4.78, 5) is 7.26. The lowest BCUT2D eigenvalue weighted by Gasteiger charge is -2.10. The molecule has 0 amide bonds. The van der Waals surface area contributed by atoms with Crippen LogP contribution < -0.4 is 10.6 Å². The summed E-state index contributed by atoms with van der Waals surface area (Å²) in [6.07, 6.45) is 1.08. The zero-order valence-corrected chi connectivity index (χ0v) is 13.9. The molecular formula is C17H23N3OS. The Balaban J connectivity index is 1.94. The number of nitrogens with one attached hydrogen (secondary N) is 2. The summed E-state index contributed by atoms with van der Waals surface area (Å²) in [5.74, 6) is 1.06. The molecule has 0 saturated heterocycles. The van der Waals surface area contributed by atoms with Crippen LogP contribution in [0.1, 0.15) is 29.2 Å². The fraction of sp³-hybridized carbons (Fsp3) is 0.353. The Labute approximate surface area is 135 Å². The van der Waals surface area contributed by atoms with E-state index >= 15 is 0 Å². The first-order valence-corrected chi connectivity index (χ1v) is 8.40. The summed E-state index contributed by atoms with van der Waals surface area (Å²) in [5.41, 5.74) is 0.988. The summed E-state index contributed by atoms with van der Waals surface area (Å²) >= 11 is 1.83. The quantitative estimate of drug-likeness (QED) is 0.566. The van der Waals surface area contributed by atoms with Crippen molar-refractivity contribution >= 4 is 17.3 Å². The lowest BCUT2D eigenvalue weighted by molar-refractivity contribution is 0.474. The van der Waals surface area contributed by atoms with E-state index in [0.29, 0.717) is 6.54 Å². The van der Waals surface area contributed by atoms with Crippen LogP contribution in [0.25, 0.3) is 0 Å². The standard InChI is InChI=1S/C17H23N3OS/c1-3-15-8-9-16(22-15)12-20-17(18-4-2)19-11-13-6-5-7-14(21)10-13/h5-10,21H,3-4,11-12H2,1-2H3,(H2,18,19,20). The second kappa shape index (κ2) is 8.44. The SMILES string of the molecule is CCNC(=NCc1cccc(O)c1)NCc1ccc(CC)s1. The van der Waals surface area contributed by atoms with Gasteiger partial charge in [0.1, 0.15) is 5.75 Å². The molecule has 0 radical (unpaired) electrons. The molecule has 22 heavy (non-hydrogen) atoms. The number of nitrogens with zero attached hydrogens (tertiary/aromatic N) is 1. The minimum Gasteiger partial charge on any atom is -0.508 e. The van der Waals surface area contributed by atoms with Gasteiger partial charge in [-0.05, 0) is 43.2 Å². The van der Waals surface area contributed by atoms with Crippen LogP contribution in [0.3, 0.4) is 0 Å². The molecule has 2 aromatic rings. The zero-order valence-electron chi connectivity index (χ0n) is 13.1. The second-order valence-corrected chi connectivity index (χ2v) is 6.19. The van der Waals surface area contributed by atoms with E-state index < -0.39 is 0 Å². The molecule has 5 heteroatoms. The number of benzene rings is 1. The number of aryl methyl sites for hydroxylation is 1. The van der Waals surface area contributed by atoms with E-state index in [4.69, 9.17) is 0 Å². The van der Waals surface area contributed by atoms with Crippen molar-refractivity contribution in [2.75, 3.05) is 6.54 Å². The van der Waals surface area contributed by atoms with Gasteiger partial charge < -0.3 is 15.7 Å². The average Bonchev–Trinajstić information content (AvgIpc) is 2.98. The van der Waals surface area contributed by atoms with Gasteiger partial charge in [-0.2, -0.15) is 0 Å². The molecule has 0 fully saturated rings. The van der Waals surface area contributed by atoms with Crippen molar-refractivity contribution in [1.82, 2.24) is 10.6 Å². The van der Waals surface area contributed by atoms with E-state index in [9.17, 15) is 5.11 Å². The predicted molar refractivity (Wildman–Crippen MR) is 93.5 cm³/mol. The third-order valence-electron chi connectivity index (χ3n) is 3.17. The lowest BCUT2D eigenvalue weighted by atomic mass is 10.2. The summed E-state index contributed by atoms with van der Waals surface area (Å²) in [5, 5.41) is 16.1. The number of guanidine groups is 1. The fourth-order valence-electron chi connectivity index (χ4n) is 2.05. The highest BCUT2D eigenvalue weighted by atomic mass is 32.1. The van der Waals surface area contributed by atoms with E-state index in [1.807, 2.05) is 30.4 Å². The van der Waals surface area contributed by atoms with Crippen LogP contribution in [-0.2, 0) is 19.5 Å². The summed E-state index contributed by atoms with van der Waals surface area (Å²) < 4.78 is 0. The first kappa shape index (κ1) is 16.4. The number of thiophene rings is 1. The topological polar surface area (TPSA) is 56.7 Å². The molecule has 2 rings (SSSR count). The van der Waals surface area contributed by atoms with Crippen molar-refractivity contribution in [2.45, 2.75) is 33.4 Å². The van der Waals surface area contributed by atoms with E-state index in [-0.39, 0.29) is 5.75 Å². The minimum atomic E-state index is 0.274. The average molecular weight is 317 g/mol. The number of hydrogen-bond acceptors (Lipinski definition) is 3. The van der Waals surface area contributed by atoms with Gasteiger partial charge in [-0.25, -0.2) is 4.99 Å². The van der Waals surface area contributed by atoms with Crippen LogP contribution in [0.15, 0.2) is 41.4 Å². The van der Waals surface area contributed by atoms with Gasteiger partial charge in [0.25, 0.3) is 0 Å². The number of aromatic hydroxyl groups is 1. The van der Waals surface area contributed by atoms with Crippen molar-refractivity contribution in [3.05, 3.63) is 51.7 Å². The van der Waals surface area contributed by atoms with Crippen molar-refractivity contribution in [3.63, 3.8) is 0 Å². The van der Waals surface area contributed by atoms with Gasteiger partial charge in [0, 0.05) is 16.3 Å². The summed E-state index contributed by atoms with van der Waals surface area (Å²) in [7, 11) is 0. The fourth-order valence-corrected chi connectivity index (χ4v) is 2.94. The molecule has 0 bridgehead atoms. The lowest BCUT2D eigenvalue weighted by Crippen LogP contribution is -2.36. The minimum absolute atomic E-state index is 0.274.